The quantitative estimate of drug-likeness (QED) is 0.0320. The van der Waals surface area contributed by atoms with Crippen LogP contribution in [0.3, 0.4) is 0 Å². The highest BCUT2D eigenvalue weighted by molar-refractivity contribution is 5.76. The van der Waals surface area contributed by atoms with Gasteiger partial charge in [0.2, 0.25) is 5.91 Å². The zero-order chi connectivity index (χ0) is 56.4. The van der Waals surface area contributed by atoms with Crippen LogP contribution in [0, 0.1) is 0 Å². The third kappa shape index (κ3) is 63.5. The van der Waals surface area contributed by atoms with E-state index in [0.29, 0.717) is 25.9 Å². The van der Waals surface area contributed by atoms with Gasteiger partial charge >= 0.3 is 5.97 Å². The minimum absolute atomic E-state index is 0.00891. The van der Waals surface area contributed by atoms with E-state index in [9.17, 15) is 19.8 Å². The minimum atomic E-state index is -0.657. The molecule has 6 nitrogen and oxygen atoms in total. The van der Waals surface area contributed by atoms with E-state index in [1.807, 2.05) is 0 Å². The maximum absolute atomic E-state index is 12.4. The molecule has 0 saturated carbocycles. The number of aliphatic hydroxyl groups is 2. The second-order valence-corrected chi connectivity index (χ2v) is 24.6. The first kappa shape index (κ1) is 76.3. The van der Waals surface area contributed by atoms with Crippen LogP contribution in [-0.4, -0.2) is 47.4 Å². The molecule has 6 heteroatoms. The van der Waals surface area contributed by atoms with Crippen molar-refractivity contribution in [2.45, 2.75) is 411 Å². The number of allylic oxidation sites excluding steroid dienone is 4. The molecule has 2 unspecified atom stereocenters. The summed E-state index contributed by atoms with van der Waals surface area (Å²) in [6.45, 7) is 4.89. The number of carbonyl (C=O) groups is 2. The molecule has 0 aromatic carbocycles. The Hall–Kier alpha value is -1.66. The first-order valence-electron chi connectivity index (χ1n) is 35.6. The maximum Gasteiger partial charge on any atom is 0.305 e. The number of carbonyl (C=O) groups excluding carboxylic acids is 2. The average molecular weight is 1100 g/mol. The van der Waals surface area contributed by atoms with Crippen LogP contribution in [0.25, 0.3) is 0 Å². The summed E-state index contributed by atoms with van der Waals surface area (Å²) < 4.78 is 5.48. The standard InChI is InChI=1S/C72H139NO5/c1-3-5-7-9-11-13-14-42-46-50-54-58-62-66-72(77)78-67-63-59-55-51-47-44-41-39-37-35-33-31-29-27-25-23-21-19-17-15-16-18-20-22-24-26-28-30-32-34-36-38-40-43-45-49-53-57-61-65-71(76)73-69(68-74)70(75)64-60-56-52-48-12-10-8-6-4-2/h7,9,13-14,69-70,74-75H,3-6,8,10-12,15-68H2,1-2H3,(H,73,76)/b9-7-,14-13-. The maximum atomic E-state index is 12.4. The van der Waals surface area contributed by atoms with Crippen LogP contribution in [-0.2, 0) is 14.3 Å². The van der Waals surface area contributed by atoms with Crippen molar-refractivity contribution in [3.8, 4) is 0 Å². The van der Waals surface area contributed by atoms with Crippen molar-refractivity contribution < 1.29 is 24.5 Å². The van der Waals surface area contributed by atoms with E-state index < -0.39 is 12.1 Å². The number of amides is 1. The van der Waals surface area contributed by atoms with Gasteiger partial charge in [0, 0.05) is 12.8 Å². The van der Waals surface area contributed by atoms with Crippen molar-refractivity contribution in [2.75, 3.05) is 13.2 Å². The number of aliphatic hydroxyl groups excluding tert-OH is 2. The van der Waals surface area contributed by atoms with E-state index in [2.05, 4.69) is 43.5 Å². The molecule has 0 rings (SSSR count). The van der Waals surface area contributed by atoms with Gasteiger partial charge in [-0.2, -0.15) is 0 Å². The van der Waals surface area contributed by atoms with Crippen LogP contribution in [0.1, 0.15) is 399 Å². The molecule has 0 aliphatic rings. The van der Waals surface area contributed by atoms with Crippen LogP contribution in [0.5, 0.6) is 0 Å². The summed E-state index contributed by atoms with van der Waals surface area (Å²) in [7, 11) is 0. The second-order valence-electron chi connectivity index (χ2n) is 24.6. The lowest BCUT2D eigenvalue weighted by molar-refractivity contribution is -0.143. The Kier molecular flexibility index (Phi) is 66.4. The lowest BCUT2D eigenvalue weighted by Gasteiger charge is -2.22. The van der Waals surface area contributed by atoms with Gasteiger partial charge in [0.25, 0.3) is 0 Å². The molecule has 3 N–H and O–H groups in total. The Bertz CT molecular complexity index is 1220. The fourth-order valence-corrected chi connectivity index (χ4v) is 11.3. The van der Waals surface area contributed by atoms with Gasteiger partial charge in [-0.25, -0.2) is 0 Å². The highest BCUT2D eigenvalue weighted by Gasteiger charge is 2.20. The average Bonchev–Trinajstić information content (AvgIpc) is 3.44. The summed E-state index contributed by atoms with van der Waals surface area (Å²) in [6, 6.07) is -0.534. The van der Waals surface area contributed by atoms with E-state index in [1.165, 1.54) is 315 Å². The van der Waals surface area contributed by atoms with Crippen LogP contribution in [0.15, 0.2) is 24.3 Å². The number of hydrogen-bond acceptors (Lipinski definition) is 5. The fraction of sp³-hybridized carbons (Fsp3) is 0.917. The van der Waals surface area contributed by atoms with Gasteiger partial charge < -0.3 is 20.3 Å². The Balaban J connectivity index is 3.26. The zero-order valence-corrected chi connectivity index (χ0v) is 52.9. The van der Waals surface area contributed by atoms with Gasteiger partial charge in [-0.3, -0.25) is 9.59 Å². The van der Waals surface area contributed by atoms with E-state index in [4.69, 9.17) is 4.74 Å². The van der Waals surface area contributed by atoms with Gasteiger partial charge in [0.05, 0.1) is 25.4 Å². The van der Waals surface area contributed by atoms with Gasteiger partial charge in [0.15, 0.2) is 0 Å². The summed E-state index contributed by atoms with van der Waals surface area (Å²) in [5.41, 5.74) is 0. The van der Waals surface area contributed by atoms with Crippen molar-refractivity contribution in [3.05, 3.63) is 24.3 Å². The number of nitrogens with one attached hydrogen (secondary N) is 1. The van der Waals surface area contributed by atoms with E-state index in [1.54, 1.807) is 0 Å². The first-order chi connectivity index (χ1) is 38.5. The molecule has 462 valence electrons. The zero-order valence-electron chi connectivity index (χ0n) is 52.9. The van der Waals surface area contributed by atoms with E-state index in [-0.39, 0.29) is 18.5 Å². The summed E-state index contributed by atoms with van der Waals surface area (Å²) in [6.07, 6.45) is 85.6. The lowest BCUT2D eigenvalue weighted by Crippen LogP contribution is -2.45. The molecule has 0 fully saturated rings. The van der Waals surface area contributed by atoms with Crippen molar-refractivity contribution in [1.82, 2.24) is 5.32 Å². The Morgan fingerprint density at radius 3 is 1.03 bits per heavy atom. The van der Waals surface area contributed by atoms with Crippen molar-refractivity contribution in [2.24, 2.45) is 0 Å². The minimum Gasteiger partial charge on any atom is -0.466 e. The van der Waals surface area contributed by atoms with Crippen LogP contribution >= 0.6 is 0 Å². The summed E-state index contributed by atoms with van der Waals surface area (Å²) in [4.78, 5) is 24.5. The smallest absolute Gasteiger partial charge is 0.305 e. The van der Waals surface area contributed by atoms with E-state index in [0.717, 1.165) is 51.4 Å². The number of hydrogen-bond donors (Lipinski definition) is 3. The summed E-state index contributed by atoms with van der Waals surface area (Å²) in [5, 5.41) is 23.2. The molecule has 0 bridgehead atoms. The number of rotatable bonds is 67. The molecule has 0 spiro atoms. The second kappa shape index (κ2) is 67.8. The van der Waals surface area contributed by atoms with E-state index >= 15 is 0 Å². The van der Waals surface area contributed by atoms with Crippen molar-refractivity contribution >= 4 is 11.9 Å². The molecule has 0 radical (unpaired) electrons. The number of ether oxygens (including phenoxy) is 1. The topological polar surface area (TPSA) is 95.9 Å². The first-order valence-corrected chi connectivity index (χ1v) is 35.6. The Morgan fingerprint density at radius 1 is 0.359 bits per heavy atom. The van der Waals surface area contributed by atoms with Crippen LogP contribution < -0.4 is 5.32 Å². The molecule has 0 aromatic rings. The van der Waals surface area contributed by atoms with Gasteiger partial charge in [-0.05, 0) is 51.4 Å². The van der Waals surface area contributed by atoms with Gasteiger partial charge in [-0.1, -0.05) is 359 Å². The van der Waals surface area contributed by atoms with Gasteiger partial charge in [-0.15, -0.1) is 0 Å². The molecular weight excluding hydrogens is 959 g/mol. The highest BCUT2D eigenvalue weighted by atomic mass is 16.5. The van der Waals surface area contributed by atoms with Crippen LogP contribution in [0.4, 0.5) is 0 Å². The molecule has 0 saturated heterocycles. The molecule has 0 heterocycles. The normalized spacial score (nSPS) is 12.6. The molecule has 78 heavy (non-hydrogen) atoms. The fourth-order valence-electron chi connectivity index (χ4n) is 11.3. The summed E-state index contributed by atoms with van der Waals surface area (Å²) in [5.74, 6) is -0.0205. The SMILES string of the molecule is CCC/C=C\C/C=C\CCCCCCCC(=O)OCCCCCCCCCCCCCCCCCCCCCCCCCCCCCCCCCCCCCCCCCC(=O)NC(CO)C(O)CCCCCCCCCCC. The highest BCUT2D eigenvalue weighted by Crippen LogP contribution is 2.19. The number of unbranched alkanes of at least 4 members (excludes halogenated alkanes) is 52. The largest absolute Gasteiger partial charge is 0.466 e. The monoisotopic (exact) mass is 1100 g/mol. The molecule has 2 atom stereocenters. The molecular formula is C72H139NO5. The molecule has 0 aliphatic heterocycles. The third-order valence-electron chi connectivity index (χ3n) is 16.7. The molecule has 1 amide bonds. The third-order valence-corrected chi connectivity index (χ3v) is 16.7. The van der Waals surface area contributed by atoms with Crippen molar-refractivity contribution in [1.29, 1.82) is 0 Å². The Morgan fingerprint density at radius 2 is 0.667 bits per heavy atom. The Labute approximate surface area is 488 Å². The van der Waals surface area contributed by atoms with Crippen molar-refractivity contribution in [3.63, 3.8) is 0 Å². The number of esters is 1. The summed E-state index contributed by atoms with van der Waals surface area (Å²) >= 11 is 0. The predicted octanol–water partition coefficient (Wildman–Crippen LogP) is 22.9. The molecule has 0 aliphatic carbocycles. The molecule has 0 aromatic heterocycles. The van der Waals surface area contributed by atoms with Crippen LogP contribution in [0.2, 0.25) is 0 Å². The predicted molar refractivity (Wildman–Crippen MR) is 343 cm³/mol. The lowest BCUT2D eigenvalue weighted by atomic mass is 10.0. The van der Waals surface area contributed by atoms with Gasteiger partial charge in [0.1, 0.15) is 0 Å².